The molecule has 5 heteroatoms. The molecule has 1 aromatic carbocycles. The molecule has 2 aromatic rings. The average molecular weight is 299 g/mol. The van der Waals surface area contributed by atoms with Crippen molar-refractivity contribution in [3.8, 4) is 0 Å². The first-order valence-corrected chi connectivity index (χ1v) is 8.06. The van der Waals surface area contributed by atoms with Gasteiger partial charge in [-0.1, -0.05) is 35.4 Å². The van der Waals surface area contributed by atoms with E-state index in [1.54, 1.807) is 0 Å². The predicted octanol–water partition coefficient (Wildman–Crippen LogP) is 3.11. The van der Waals surface area contributed by atoms with Crippen LogP contribution in [0.3, 0.4) is 0 Å². The molecule has 0 atom stereocenters. The van der Waals surface area contributed by atoms with Crippen LogP contribution in [0.2, 0.25) is 0 Å². The maximum Gasteiger partial charge on any atom is 0.315 e. The fraction of sp³-hybridized carbons (Fsp3) is 0.529. The second kappa shape index (κ2) is 5.72. The van der Waals surface area contributed by atoms with Crippen molar-refractivity contribution in [2.45, 2.75) is 37.0 Å². The van der Waals surface area contributed by atoms with Crippen molar-refractivity contribution < 1.29 is 9.15 Å². The molecule has 2 aliphatic rings. The van der Waals surface area contributed by atoms with Gasteiger partial charge in [-0.25, -0.2) is 0 Å². The van der Waals surface area contributed by atoms with Crippen LogP contribution in [-0.2, 0) is 10.2 Å². The van der Waals surface area contributed by atoms with Gasteiger partial charge < -0.3 is 14.5 Å². The standard InChI is InChI=1S/C17H21N3O2/c1-2-4-14(5-3-1)17(8-10-21-11-9-17)12-18-16-20-19-15(22-16)13-6-7-13/h1-5,13H,6-12H2,(H,18,20). The topological polar surface area (TPSA) is 60.2 Å². The highest BCUT2D eigenvalue weighted by Crippen LogP contribution is 2.40. The highest BCUT2D eigenvalue weighted by molar-refractivity contribution is 5.30. The Balaban J connectivity index is 1.50. The summed E-state index contributed by atoms with van der Waals surface area (Å²) in [6, 6.07) is 11.2. The van der Waals surface area contributed by atoms with Gasteiger partial charge in [0.1, 0.15) is 0 Å². The van der Waals surface area contributed by atoms with Gasteiger partial charge >= 0.3 is 6.01 Å². The Labute approximate surface area is 130 Å². The minimum Gasteiger partial charge on any atom is -0.408 e. The Bertz CT molecular complexity index is 616. The lowest BCUT2D eigenvalue weighted by atomic mass is 9.74. The number of nitrogens with zero attached hydrogens (tertiary/aromatic N) is 2. The van der Waals surface area contributed by atoms with Gasteiger partial charge in [-0.3, -0.25) is 0 Å². The highest BCUT2D eigenvalue weighted by atomic mass is 16.5. The van der Waals surface area contributed by atoms with Crippen LogP contribution < -0.4 is 5.32 Å². The van der Waals surface area contributed by atoms with Crippen LogP contribution >= 0.6 is 0 Å². The molecule has 1 aliphatic carbocycles. The summed E-state index contributed by atoms with van der Waals surface area (Å²) in [5.41, 5.74) is 1.43. The lowest BCUT2D eigenvalue weighted by Crippen LogP contribution is -2.40. The normalized spacial score (nSPS) is 20.7. The van der Waals surface area contributed by atoms with Gasteiger partial charge in [0.05, 0.1) is 0 Å². The number of anilines is 1. The van der Waals surface area contributed by atoms with E-state index in [4.69, 9.17) is 9.15 Å². The summed E-state index contributed by atoms with van der Waals surface area (Å²) in [6.45, 7) is 2.40. The number of hydrogen-bond acceptors (Lipinski definition) is 5. The Hall–Kier alpha value is -1.88. The second-order valence-corrected chi connectivity index (χ2v) is 6.33. The van der Waals surface area contributed by atoms with Crippen molar-refractivity contribution in [2.24, 2.45) is 0 Å². The average Bonchev–Trinajstić information content (AvgIpc) is 3.33. The zero-order valence-electron chi connectivity index (χ0n) is 12.6. The minimum absolute atomic E-state index is 0.0771. The second-order valence-electron chi connectivity index (χ2n) is 6.33. The van der Waals surface area contributed by atoms with Crippen LogP contribution in [-0.4, -0.2) is 30.0 Å². The molecular formula is C17H21N3O2. The zero-order chi connectivity index (χ0) is 14.8. The molecule has 5 nitrogen and oxygen atoms in total. The van der Waals surface area contributed by atoms with Gasteiger partial charge in [-0.2, -0.15) is 0 Å². The molecule has 0 unspecified atom stereocenters. The molecule has 2 fully saturated rings. The first kappa shape index (κ1) is 13.8. The van der Waals surface area contributed by atoms with Gasteiger partial charge in [-0.15, -0.1) is 5.10 Å². The SMILES string of the molecule is c1ccc(C2(CNc3nnc(C4CC4)o3)CCOCC2)cc1. The van der Waals surface area contributed by atoms with Crippen molar-refractivity contribution in [3.05, 3.63) is 41.8 Å². The molecule has 1 aliphatic heterocycles. The van der Waals surface area contributed by atoms with Crippen molar-refractivity contribution in [2.75, 3.05) is 25.1 Å². The molecule has 116 valence electrons. The molecule has 1 aromatic heterocycles. The summed E-state index contributed by atoms with van der Waals surface area (Å²) >= 11 is 0. The Morgan fingerprint density at radius 2 is 1.86 bits per heavy atom. The molecule has 4 rings (SSSR count). The summed E-state index contributed by atoms with van der Waals surface area (Å²) in [4.78, 5) is 0. The monoisotopic (exact) mass is 299 g/mol. The number of rotatable bonds is 5. The number of aromatic nitrogens is 2. The maximum atomic E-state index is 5.71. The Morgan fingerprint density at radius 3 is 2.59 bits per heavy atom. The Kier molecular flexibility index (Phi) is 3.58. The van der Waals surface area contributed by atoms with Crippen LogP contribution in [0, 0.1) is 0 Å². The molecule has 0 radical (unpaired) electrons. The van der Waals surface area contributed by atoms with Crippen molar-refractivity contribution in [1.29, 1.82) is 0 Å². The predicted molar refractivity (Wildman–Crippen MR) is 82.9 cm³/mol. The highest BCUT2D eigenvalue weighted by Gasteiger charge is 2.35. The molecule has 1 saturated carbocycles. The molecule has 0 amide bonds. The summed E-state index contributed by atoms with van der Waals surface area (Å²) in [5.74, 6) is 1.28. The van der Waals surface area contributed by atoms with Gasteiger partial charge in [0.15, 0.2) is 0 Å². The Morgan fingerprint density at radius 1 is 1.09 bits per heavy atom. The third kappa shape index (κ3) is 2.73. The molecule has 1 saturated heterocycles. The lowest BCUT2D eigenvalue weighted by Gasteiger charge is -2.37. The largest absolute Gasteiger partial charge is 0.408 e. The van der Waals surface area contributed by atoms with E-state index in [-0.39, 0.29) is 5.41 Å². The third-order valence-corrected chi connectivity index (χ3v) is 4.78. The summed E-state index contributed by atoms with van der Waals surface area (Å²) in [5, 5.41) is 11.6. The fourth-order valence-corrected chi connectivity index (χ4v) is 3.17. The number of hydrogen-bond donors (Lipinski definition) is 1. The first-order valence-electron chi connectivity index (χ1n) is 8.06. The van der Waals surface area contributed by atoms with E-state index in [0.29, 0.717) is 11.9 Å². The molecule has 1 N–H and O–H groups in total. The van der Waals surface area contributed by atoms with Crippen LogP contribution in [0.15, 0.2) is 34.7 Å². The van der Waals surface area contributed by atoms with Crippen LogP contribution in [0.4, 0.5) is 6.01 Å². The van der Waals surface area contributed by atoms with E-state index < -0.39 is 0 Å². The minimum atomic E-state index is 0.0771. The molecule has 22 heavy (non-hydrogen) atoms. The summed E-state index contributed by atoms with van der Waals surface area (Å²) in [7, 11) is 0. The van der Waals surface area contributed by atoms with E-state index in [0.717, 1.165) is 38.5 Å². The van der Waals surface area contributed by atoms with E-state index >= 15 is 0 Å². The molecule has 0 spiro atoms. The molecule has 2 heterocycles. The van der Waals surface area contributed by atoms with E-state index in [9.17, 15) is 0 Å². The van der Waals surface area contributed by atoms with Gasteiger partial charge in [0.25, 0.3) is 0 Å². The van der Waals surface area contributed by atoms with E-state index in [1.807, 2.05) is 0 Å². The van der Waals surface area contributed by atoms with Gasteiger partial charge in [0.2, 0.25) is 5.89 Å². The van der Waals surface area contributed by atoms with Gasteiger partial charge in [0, 0.05) is 31.1 Å². The number of nitrogens with one attached hydrogen (secondary N) is 1. The van der Waals surface area contributed by atoms with Crippen LogP contribution in [0.5, 0.6) is 0 Å². The van der Waals surface area contributed by atoms with Crippen molar-refractivity contribution in [1.82, 2.24) is 10.2 Å². The van der Waals surface area contributed by atoms with E-state index in [2.05, 4.69) is 45.8 Å². The quantitative estimate of drug-likeness (QED) is 0.919. The fourth-order valence-electron chi connectivity index (χ4n) is 3.17. The molecule has 0 bridgehead atoms. The van der Waals surface area contributed by atoms with Crippen molar-refractivity contribution in [3.63, 3.8) is 0 Å². The summed E-state index contributed by atoms with van der Waals surface area (Å²) < 4.78 is 11.3. The van der Waals surface area contributed by atoms with Crippen LogP contribution in [0.25, 0.3) is 0 Å². The number of benzene rings is 1. The zero-order valence-corrected chi connectivity index (χ0v) is 12.6. The maximum absolute atomic E-state index is 5.71. The van der Waals surface area contributed by atoms with Crippen molar-refractivity contribution >= 4 is 6.01 Å². The van der Waals surface area contributed by atoms with E-state index in [1.165, 1.54) is 18.4 Å². The smallest absolute Gasteiger partial charge is 0.315 e. The van der Waals surface area contributed by atoms with Gasteiger partial charge in [-0.05, 0) is 31.2 Å². The lowest BCUT2D eigenvalue weighted by molar-refractivity contribution is 0.0542. The molecular weight excluding hydrogens is 278 g/mol. The number of ether oxygens (including phenoxy) is 1. The third-order valence-electron chi connectivity index (χ3n) is 4.78. The first-order chi connectivity index (χ1) is 10.9. The summed E-state index contributed by atoms with van der Waals surface area (Å²) in [6.07, 6.45) is 4.36. The van der Waals surface area contributed by atoms with Crippen LogP contribution in [0.1, 0.15) is 43.1 Å².